The van der Waals surface area contributed by atoms with E-state index in [0.29, 0.717) is 0 Å². The topological polar surface area (TPSA) is 40.7 Å². The third-order valence-corrected chi connectivity index (χ3v) is 3.98. The second-order valence-corrected chi connectivity index (χ2v) is 5.35. The highest BCUT2D eigenvalue weighted by Gasteiger charge is 2.10. The standard InChI is InChI=1S/C15H15N3S/c1-11(13-8-9-16-18-13)17-14-6-3-2-5-12(14)15-7-4-10-19-15/h2-11,17H,1H3,(H,16,18). The molecule has 1 aromatic carbocycles. The van der Waals surface area contributed by atoms with E-state index in [4.69, 9.17) is 0 Å². The Balaban J connectivity index is 1.89. The first-order valence-electron chi connectivity index (χ1n) is 6.23. The van der Waals surface area contributed by atoms with E-state index in [0.717, 1.165) is 11.4 Å². The van der Waals surface area contributed by atoms with Crippen LogP contribution in [0.5, 0.6) is 0 Å². The summed E-state index contributed by atoms with van der Waals surface area (Å²) in [4.78, 5) is 1.28. The van der Waals surface area contributed by atoms with Crippen molar-refractivity contribution in [3.8, 4) is 10.4 Å². The van der Waals surface area contributed by atoms with Crippen LogP contribution in [0.15, 0.2) is 54.0 Å². The molecular formula is C15H15N3S. The first-order valence-corrected chi connectivity index (χ1v) is 7.11. The number of nitrogens with one attached hydrogen (secondary N) is 2. The Morgan fingerprint density at radius 1 is 1.16 bits per heavy atom. The highest BCUT2D eigenvalue weighted by atomic mass is 32.1. The molecule has 0 aliphatic heterocycles. The highest BCUT2D eigenvalue weighted by molar-refractivity contribution is 7.13. The van der Waals surface area contributed by atoms with Crippen molar-refractivity contribution in [2.24, 2.45) is 0 Å². The first-order chi connectivity index (χ1) is 9.34. The van der Waals surface area contributed by atoms with Gasteiger partial charge in [-0.1, -0.05) is 24.3 Å². The van der Waals surface area contributed by atoms with Crippen LogP contribution in [0.2, 0.25) is 0 Å². The minimum Gasteiger partial charge on any atom is -0.376 e. The average Bonchev–Trinajstić information content (AvgIpc) is 3.13. The van der Waals surface area contributed by atoms with Gasteiger partial charge in [-0.25, -0.2) is 0 Å². The smallest absolute Gasteiger partial charge is 0.0651 e. The number of hydrogen-bond acceptors (Lipinski definition) is 3. The molecule has 2 aromatic heterocycles. The van der Waals surface area contributed by atoms with E-state index in [2.05, 4.69) is 64.2 Å². The number of aromatic amines is 1. The lowest BCUT2D eigenvalue weighted by Crippen LogP contribution is -2.07. The largest absolute Gasteiger partial charge is 0.376 e. The molecule has 0 saturated carbocycles. The Labute approximate surface area is 116 Å². The van der Waals surface area contributed by atoms with Crippen molar-refractivity contribution in [1.29, 1.82) is 0 Å². The number of hydrogen-bond donors (Lipinski definition) is 2. The number of aromatic nitrogens is 2. The molecule has 2 N–H and O–H groups in total. The van der Waals surface area contributed by atoms with Gasteiger partial charge in [0.05, 0.1) is 11.7 Å². The second-order valence-electron chi connectivity index (χ2n) is 4.40. The maximum Gasteiger partial charge on any atom is 0.0651 e. The molecule has 0 bridgehead atoms. The van der Waals surface area contributed by atoms with Crippen molar-refractivity contribution in [3.63, 3.8) is 0 Å². The molecule has 3 nitrogen and oxygen atoms in total. The summed E-state index contributed by atoms with van der Waals surface area (Å²) in [5, 5.41) is 12.6. The molecular weight excluding hydrogens is 254 g/mol. The van der Waals surface area contributed by atoms with Crippen LogP contribution in [-0.2, 0) is 0 Å². The molecule has 1 atom stereocenters. The van der Waals surface area contributed by atoms with Gasteiger partial charge < -0.3 is 5.32 Å². The zero-order chi connectivity index (χ0) is 13.1. The maximum absolute atomic E-state index is 3.99. The molecule has 0 aliphatic carbocycles. The normalized spacial score (nSPS) is 12.3. The fraction of sp³-hybridized carbons (Fsp3) is 0.133. The van der Waals surface area contributed by atoms with Crippen LogP contribution >= 0.6 is 11.3 Å². The Bertz CT molecular complexity index is 629. The summed E-state index contributed by atoms with van der Waals surface area (Å²) >= 11 is 1.75. The molecule has 4 heteroatoms. The zero-order valence-corrected chi connectivity index (χ0v) is 11.4. The van der Waals surface area contributed by atoms with Crippen molar-refractivity contribution < 1.29 is 0 Å². The van der Waals surface area contributed by atoms with Gasteiger partial charge in [-0.15, -0.1) is 11.3 Å². The number of rotatable bonds is 4. The minimum absolute atomic E-state index is 0.198. The fourth-order valence-corrected chi connectivity index (χ4v) is 2.84. The molecule has 0 saturated heterocycles. The summed E-state index contributed by atoms with van der Waals surface area (Å²) < 4.78 is 0. The van der Waals surface area contributed by atoms with Gasteiger partial charge in [0.1, 0.15) is 0 Å². The van der Waals surface area contributed by atoms with Gasteiger partial charge in [0.2, 0.25) is 0 Å². The minimum atomic E-state index is 0.198. The number of benzene rings is 1. The van der Waals surface area contributed by atoms with E-state index in [-0.39, 0.29) is 6.04 Å². The third kappa shape index (κ3) is 2.53. The summed E-state index contributed by atoms with van der Waals surface area (Å²) in [7, 11) is 0. The molecule has 0 radical (unpaired) electrons. The second kappa shape index (κ2) is 5.28. The quantitative estimate of drug-likeness (QED) is 0.741. The van der Waals surface area contributed by atoms with Crippen LogP contribution in [0.1, 0.15) is 18.7 Å². The van der Waals surface area contributed by atoms with Gasteiger partial charge in [-0.2, -0.15) is 5.10 Å². The van der Waals surface area contributed by atoms with Gasteiger partial charge in [-0.05, 0) is 30.5 Å². The Kier molecular flexibility index (Phi) is 3.33. The average molecular weight is 269 g/mol. The Hall–Kier alpha value is -2.07. The van der Waals surface area contributed by atoms with Crippen LogP contribution in [-0.4, -0.2) is 10.2 Å². The van der Waals surface area contributed by atoms with Crippen LogP contribution < -0.4 is 5.32 Å². The summed E-state index contributed by atoms with van der Waals surface area (Å²) in [6.07, 6.45) is 1.78. The molecule has 0 aliphatic rings. The predicted molar refractivity (Wildman–Crippen MR) is 80.4 cm³/mol. The number of anilines is 1. The molecule has 19 heavy (non-hydrogen) atoms. The number of thiophene rings is 1. The SMILES string of the molecule is CC(Nc1ccccc1-c1cccs1)c1ccn[nH]1. The lowest BCUT2D eigenvalue weighted by atomic mass is 10.1. The molecule has 0 amide bonds. The molecule has 3 rings (SSSR count). The number of H-pyrrole nitrogens is 1. The van der Waals surface area contributed by atoms with Crippen LogP contribution in [0.4, 0.5) is 5.69 Å². The lowest BCUT2D eigenvalue weighted by molar-refractivity contribution is 0.826. The van der Waals surface area contributed by atoms with Gasteiger partial charge in [0, 0.05) is 22.3 Å². The monoisotopic (exact) mass is 269 g/mol. The van der Waals surface area contributed by atoms with Crippen molar-refractivity contribution in [1.82, 2.24) is 10.2 Å². The van der Waals surface area contributed by atoms with Crippen molar-refractivity contribution in [2.75, 3.05) is 5.32 Å². The molecule has 2 heterocycles. The van der Waals surface area contributed by atoms with E-state index >= 15 is 0 Å². The van der Waals surface area contributed by atoms with Crippen LogP contribution in [0.3, 0.4) is 0 Å². The molecule has 96 valence electrons. The zero-order valence-electron chi connectivity index (χ0n) is 10.6. The third-order valence-electron chi connectivity index (χ3n) is 3.07. The van der Waals surface area contributed by atoms with Gasteiger partial charge in [0.15, 0.2) is 0 Å². The predicted octanol–water partition coefficient (Wildman–Crippen LogP) is 4.31. The van der Waals surface area contributed by atoms with E-state index in [1.54, 1.807) is 17.5 Å². The van der Waals surface area contributed by atoms with Gasteiger partial charge in [0.25, 0.3) is 0 Å². The Morgan fingerprint density at radius 2 is 2.05 bits per heavy atom. The fourth-order valence-electron chi connectivity index (χ4n) is 2.07. The van der Waals surface area contributed by atoms with E-state index in [9.17, 15) is 0 Å². The number of para-hydroxylation sites is 1. The molecule has 0 spiro atoms. The highest BCUT2D eigenvalue weighted by Crippen LogP contribution is 2.32. The van der Waals surface area contributed by atoms with Crippen molar-refractivity contribution in [3.05, 3.63) is 59.7 Å². The van der Waals surface area contributed by atoms with Crippen LogP contribution in [0, 0.1) is 0 Å². The number of nitrogens with zero attached hydrogens (tertiary/aromatic N) is 1. The summed E-state index contributed by atoms with van der Waals surface area (Å²) in [6, 6.07) is 14.8. The van der Waals surface area contributed by atoms with E-state index in [1.807, 2.05) is 6.07 Å². The van der Waals surface area contributed by atoms with Crippen LogP contribution in [0.25, 0.3) is 10.4 Å². The lowest BCUT2D eigenvalue weighted by Gasteiger charge is -2.16. The van der Waals surface area contributed by atoms with Crippen molar-refractivity contribution >= 4 is 17.0 Å². The summed E-state index contributed by atoms with van der Waals surface area (Å²) in [5.74, 6) is 0. The Morgan fingerprint density at radius 3 is 2.79 bits per heavy atom. The van der Waals surface area contributed by atoms with E-state index in [1.165, 1.54) is 10.4 Å². The van der Waals surface area contributed by atoms with Crippen molar-refractivity contribution in [2.45, 2.75) is 13.0 Å². The van der Waals surface area contributed by atoms with Gasteiger partial charge >= 0.3 is 0 Å². The summed E-state index contributed by atoms with van der Waals surface area (Å²) in [5.41, 5.74) is 3.47. The van der Waals surface area contributed by atoms with E-state index < -0.39 is 0 Å². The maximum atomic E-state index is 3.99. The molecule has 3 aromatic rings. The molecule has 0 fully saturated rings. The molecule has 1 unspecified atom stereocenters. The van der Waals surface area contributed by atoms with Gasteiger partial charge in [-0.3, -0.25) is 5.10 Å². The summed E-state index contributed by atoms with van der Waals surface area (Å²) in [6.45, 7) is 2.12. The first kappa shape index (κ1) is 12.0.